The lowest BCUT2D eigenvalue weighted by atomic mass is 9.97. The molecule has 1 aliphatic rings. The number of nitrogens with zero attached hydrogens (tertiary/aromatic N) is 4. The van der Waals surface area contributed by atoms with Crippen LogP contribution in [0.25, 0.3) is 11.4 Å². The first-order valence-electron chi connectivity index (χ1n) is 8.05. The molecule has 1 fully saturated rings. The van der Waals surface area contributed by atoms with Crippen molar-refractivity contribution in [3.05, 3.63) is 59.6 Å². The standard InChI is InChI=1S/C18H17ClN4O/c19-15-6-7-16(20-12-15)23-10-8-14(9-11-23)18-21-17(22-24-18)13-4-2-1-3-5-13/h1-7,12,14H,8-11H2. The molecule has 0 atom stereocenters. The molecule has 0 radical (unpaired) electrons. The van der Waals surface area contributed by atoms with Crippen LogP contribution in [0.3, 0.4) is 0 Å². The predicted molar refractivity (Wildman–Crippen MR) is 93.2 cm³/mol. The van der Waals surface area contributed by atoms with E-state index in [0.717, 1.165) is 43.2 Å². The molecule has 0 amide bonds. The van der Waals surface area contributed by atoms with Gasteiger partial charge in [-0.15, -0.1) is 0 Å². The molecule has 122 valence electrons. The second kappa shape index (κ2) is 6.61. The van der Waals surface area contributed by atoms with Crippen molar-refractivity contribution in [1.82, 2.24) is 15.1 Å². The number of piperidine rings is 1. The molecule has 2 aromatic heterocycles. The molecular weight excluding hydrogens is 324 g/mol. The van der Waals surface area contributed by atoms with Crippen molar-refractivity contribution in [2.24, 2.45) is 0 Å². The van der Waals surface area contributed by atoms with Gasteiger partial charge in [-0.05, 0) is 25.0 Å². The topological polar surface area (TPSA) is 55.1 Å². The zero-order valence-electron chi connectivity index (χ0n) is 13.1. The average molecular weight is 341 g/mol. The van der Waals surface area contributed by atoms with Gasteiger partial charge in [0.05, 0.1) is 5.02 Å². The SMILES string of the molecule is Clc1ccc(N2CCC(c3nc(-c4ccccc4)no3)CC2)nc1. The minimum Gasteiger partial charge on any atom is -0.357 e. The monoisotopic (exact) mass is 340 g/mol. The number of rotatable bonds is 3. The first-order valence-corrected chi connectivity index (χ1v) is 8.43. The molecule has 1 aromatic carbocycles. The smallest absolute Gasteiger partial charge is 0.230 e. The van der Waals surface area contributed by atoms with Crippen molar-refractivity contribution in [2.45, 2.75) is 18.8 Å². The van der Waals surface area contributed by atoms with E-state index in [0.29, 0.717) is 16.8 Å². The van der Waals surface area contributed by atoms with E-state index in [1.165, 1.54) is 0 Å². The molecule has 0 N–H and O–H groups in total. The van der Waals surface area contributed by atoms with Gasteiger partial charge in [0, 0.05) is 30.8 Å². The number of pyridine rings is 1. The van der Waals surface area contributed by atoms with Gasteiger partial charge in [-0.2, -0.15) is 4.98 Å². The highest BCUT2D eigenvalue weighted by Crippen LogP contribution is 2.30. The fourth-order valence-corrected chi connectivity index (χ4v) is 3.13. The van der Waals surface area contributed by atoms with Gasteiger partial charge in [-0.25, -0.2) is 4.98 Å². The third-order valence-electron chi connectivity index (χ3n) is 4.35. The Labute approximate surface area is 145 Å². The number of hydrogen-bond donors (Lipinski definition) is 0. The van der Waals surface area contributed by atoms with Crippen LogP contribution in [0.15, 0.2) is 53.2 Å². The normalized spacial score (nSPS) is 15.6. The molecule has 5 nitrogen and oxygen atoms in total. The molecule has 1 saturated heterocycles. The summed E-state index contributed by atoms with van der Waals surface area (Å²) in [7, 11) is 0. The second-order valence-electron chi connectivity index (χ2n) is 5.92. The van der Waals surface area contributed by atoms with Gasteiger partial charge in [0.15, 0.2) is 0 Å². The van der Waals surface area contributed by atoms with E-state index in [9.17, 15) is 0 Å². The van der Waals surface area contributed by atoms with Crippen molar-refractivity contribution < 1.29 is 4.52 Å². The Balaban J connectivity index is 1.43. The van der Waals surface area contributed by atoms with Crippen LogP contribution in [-0.4, -0.2) is 28.2 Å². The fourth-order valence-electron chi connectivity index (χ4n) is 3.02. The highest BCUT2D eigenvalue weighted by atomic mass is 35.5. The Kier molecular flexibility index (Phi) is 4.17. The lowest BCUT2D eigenvalue weighted by Crippen LogP contribution is -2.33. The maximum atomic E-state index is 5.90. The average Bonchev–Trinajstić information content (AvgIpc) is 3.13. The Morgan fingerprint density at radius 1 is 1.04 bits per heavy atom. The Bertz CT molecular complexity index is 795. The van der Waals surface area contributed by atoms with E-state index in [2.05, 4.69) is 20.0 Å². The molecule has 0 unspecified atom stereocenters. The van der Waals surface area contributed by atoms with Crippen LogP contribution in [0.4, 0.5) is 5.82 Å². The summed E-state index contributed by atoms with van der Waals surface area (Å²) in [5.41, 5.74) is 0.982. The first-order chi connectivity index (χ1) is 11.8. The molecule has 24 heavy (non-hydrogen) atoms. The third-order valence-corrected chi connectivity index (χ3v) is 4.58. The molecule has 1 aliphatic heterocycles. The summed E-state index contributed by atoms with van der Waals surface area (Å²) in [6.45, 7) is 1.84. The zero-order chi connectivity index (χ0) is 16.4. The van der Waals surface area contributed by atoms with Crippen molar-refractivity contribution in [2.75, 3.05) is 18.0 Å². The summed E-state index contributed by atoms with van der Waals surface area (Å²) >= 11 is 5.90. The maximum absolute atomic E-state index is 5.90. The lowest BCUT2D eigenvalue weighted by Gasteiger charge is -2.31. The van der Waals surface area contributed by atoms with E-state index >= 15 is 0 Å². The van der Waals surface area contributed by atoms with Gasteiger partial charge < -0.3 is 9.42 Å². The van der Waals surface area contributed by atoms with Gasteiger partial charge in [0.1, 0.15) is 5.82 Å². The minimum absolute atomic E-state index is 0.304. The van der Waals surface area contributed by atoms with E-state index in [1.54, 1.807) is 6.20 Å². The van der Waals surface area contributed by atoms with Crippen molar-refractivity contribution >= 4 is 17.4 Å². The summed E-state index contributed by atoms with van der Waals surface area (Å²) in [4.78, 5) is 11.2. The number of halogens is 1. The minimum atomic E-state index is 0.304. The van der Waals surface area contributed by atoms with Crippen LogP contribution >= 0.6 is 11.6 Å². The summed E-state index contributed by atoms with van der Waals surface area (Å²) in [5.74, 6) is 2.66. The molecular formula is C18H17ClN4O. The van der Waals surface area contributed by atoms with Crippen LogP contribution in [0.5, 0.6) is 0 Å². The Morgan fingerprint density at radius 3 is 2.54 bits per heavy atom. The molecule has 0 aliphatic carbocycles. The highest BCUT2D eigenvalue weighted by molar-refractivity contribution is 6.30. The van der Waals surface area contributed by atoms with Crippen LogP contribution in [0, 0.1) is 0 Å². The van der Waals surface area contributed by atoms with E-state index in [-0.39, 0.29) is 0 Å². The summed E-state index contributed by atoms with van der Waals surface area (Å²) in [6, 6.07) is 13.7. The molecule has 0 bridgehead atoms. The summed E-state index contributed by atoms with van der Waals surface area (Å²) < 4.78 is 5.50. The van der Waals surface area contributed by atoms with Crippen molar-refractivity contribution in [1.29, 1.82) is 0 Å². The molecule has 4 rings (SSSR count). The van der Waals surface area contributed by atoms with Gasteiger partial charge in [0.2, 0.25) is 11.7 Å². The van der Waals surface area contributed by atoms with Crippen molar-refractivity contribution in [3.63, 3.8) is 0 Å². The maximum Gasteiger partial charge on any atom is 0.230 e. The third kappa shape index (κ3) is 3.12. The van der Waals surface area contributed by atoms with Gasteiger partial charge >= 0.3 is 0 Å². The highest BCUT2D eigenvalue weighted by Gasteiger charge is 2.26. The zero-order valence-corrected chi connectivity index (χ0v) is 13.9. The van der Waals surface area contributed by atoms with Gasteiger partial charge in [-0.1, -0.05) is 47.1 Å². The number of aromatic nitrogens is 3. The van der Waals surface area contributed by atoms with Gasteiger partial charge in [0.25, 0.3) is 0 Å². The molecule has 0 spiro atoms. The van der Waals surface area contributed by atoms with E-state index < -0.39 is 0 Å². The number of hydrogen-bond acceptors (Lipinski definition) is 5. The molecule has 3 heterocycles. The van der Waals surface area contributed by atoms with Crippen LogP contribution in [0.1, 0.15) is 24.7 Å². The van der Waals surface area contributed by atoms with Crippen LogP contribution in [0.2, 0.25) is 5.02 Å². The Morgan fingerprint density at radius 2 is 1.83 bits per heavy atom. The van der Waals surface area contributed by atoms with Crippen LogP contribution in [-0.2, 0) is 0 Å². The number of anilines is 1. The Hall–Kier alpha value is -2.40. The van der Waals surface area contributed by atoms with E-state index in [4.69, 9.17) is 16.1 Å². The lowest BCUT2D eigenvalue weighted by molar-refractivity contribution is 0.329. The van der Waals surface area contributed by atoms with Gasteiger partial charge in [-0.3, -0.25) is 0 Å². The quantitative estimate of drug-likeness (QED) is 0.716. The van der Waals surface area contributed by atoms with Crippen molar-refractivity contribution in [3.8, 4) is 11.4 Å². The fraction of sp³-hybridized carbons (Fsp3) is 0.278. The second-order valence-corrected chi connectivity index (χ2v) is 6.35. The molecule has 6 heteroatoms. The first kappa shape index (κ1) is 15.1. The predicted octanol–water partition coefficient (Wildman–Crippen LogP) is 4.17. The van der Waals surface area contributed by atoms with E-state index in [1.807, 2.05) is 42.5 Å². The summed E-state index contributed by atoms with van der Waals surface area (Å²) in [6.07, 6.45) is 3.63. The largest absolute Gasteiger partial charge is 0.357 e. The number of benzene rings is 1. The summed E-state index contributed by atoms with van der Waals surface area (Å²) in [5, 5.41) is 4.78. The molecule has 3 aromatic rings. The molecule has 0 saturated carbocycles. The van der Waals surface area contributed by atoms with Crippen LogP contribution < -0.4 is 4.90 Å².